The number of ether oxygens (including phenoxy) is 1. The van der Waals surface area contributed by atoms with Crippen LogP contribution in [0.25, 0.3) is 0 Å². The summed E-state index contributed by atoms with van der Waals surface area (Å²) in [6.07, 6.45) is 0. The van der Waals surface area contributed by atoms with E-state index < -0.39 is 0 Å². The first-order valence-corrected chi connectivity index (χ1v) is 7.36. The normalized spacial score (nSPS) is 14.9. The number of nitrogens with zero attached hydrogens (tertiary/aromatic N) is 1. The number of carbonyl (C=O) groups is 1. The van der Waals surface area contributed by atoms with Crippen molar-refractivity contribution in [2.45, 2.75) is 0 Å². The zero-order valence-corrected chi connectivity index (χ0v) is 13.6. The van der Waals surface area contributed by atoms with E-state index in [0.29, 0.717) is 37.8 Å². The summed E-state index contributed by atoms with van der Waals surface area (Å²) < 4.78 is 5.08. The summed E-state index contributed by atoms with van der Waals surface area (Å²) >= 11 is 18.1. The van der Waals surface area contributed by atoms with Crippen LogP contribution in [0, 0.1) is 0 Å². The maximum atomic E-state index is 12.1. The van der Waals surface area contributed by atoms with E-state index >= 15 is 0 Å². The number of amides is 1. The lowest BCUT2D eigenvalue weighted by atomic mass is 10.1. The van der Waals surface area contributed by atoms with Crippen LogP contribution >= 0.6 is 34.8 Å². The minimum absolute atomic E-state index is 0.237. The van der Waals surface area contributed by atoms with Gasteiger partial charge in [-0.1, -0.05) is 34.8 Å². The molecule has 1 heterocycles. The highest BCUT2D eigenvalue weighted by Crippen LogP contribution is 2.36. The maximum Gasteiger partial charge on any atom is 0.275 e. The average Bonchev–Trinajstić information content (AvgIpc) is 2.77. The lowest BCUT2D eigenvalue weighted by Gasteiger charge is -2.04. The second-order valence-corrected chi connectivity index (χ2v) is 5.79. The van der Waals surface area contributed by atoms with Gasteiger partial charge in [0.15, 0.2) is 0 Å². The van der Waals surface area contributed by atoms with Gasteiger partial charge in [0.05, 0.1) is 28.5 Å². The van der Waals surface area contributed by atoms with Crippen molar-refractivity contribution in [1.29, 1.82) is 0 Å². The highest BCUT2D eigenvalue weighted by molar-refractivity contribution is 6.56. The highest BCUT2D eigenvalue weighted by Gasteiger charge is 2.28. The highest BCUT2D eigenvalue weighted by atomic mass is 35.5. The molecular formula is C15H9Cl3N2O2. The summed E-state index contributed by atoms with van der Waals surface area (Å²) in [7, 11) is 1.53. The van der Waals surface area contributed by atoms with Crippen molar-refractivity contribution in [2.75, 3.05) is 12.4 Å². The minimum atomic E-state index is -0.342. The molecule has 1 aliphatic heterocycles. The Morgan fingerprint density at radius 2 is 1.86 bits per heavy atom. The van der Waals surface area contributed by atoms with Crippen LogP contribution in [-0.4, -0.2) is 18.7 Å². The maximum absolute atomic E-state index is 12.1. The summed E-state index contributed by atoms with van der Waals surface area (Å²) in [6, 6.07) is 8.21. The topological polar surface area (TPSA) is 50.7 Å². The molecule has 7 heteroatoms. The van der Waals surface area contributed by atoms with E-state index in [1.54, 1.807) is 30.3 Å². The molecule has 2 aromatic rings. The lowest BCUT2D eigenvalue weighted by molar-refractivity contribution is -0.110. The van der Waals surface area contributed by atoms with Crippen molar-refractivity contribution in [3.8, 4) is 5.75 Å². The third-order valence-corrected chi connectivity index (χ3v) is 3.95. The summed E-state index contributed by atoms with van der Waals surface area (Å²) in [5.41, 5.74) is 1.84. The summed E-state index contributed by atoms with van der Waals surface area (Å²) in [5, 5.41) is 3.89. The Morgan fingerprint density at radius 3 is 2.55 bits per heavy atom. The Kier molecular flexibility index (Phi) is 4.00. The molecule has 1 N–H and O–H groups in total. The molecule has 1 amide bonds. The van der Waals surface area contributed by atoms with Gasteiger partial charge in [-0.15, -0.1) is 0 Å². The van der Waals surface area contributed by atoms with Gasteiger partial charge in [-0.05, 0) is 30.3 Å². The van der Waals surface area contributed by atoms with Crippen LogP contribution in [0.5, 0.6) is 5.75 Å². The van der Waals surface area contributed by atoms with Gasteiger partial charge in [0, 0.05) is 10.6 Å². The second-order valence-electron chi connectivity index (χ2n) is 4.54. The van der Waals surface area contributed by atoms with E-state index in [4.69, 9.17) is 39.5 Å². The summed E-state index contributed by atoms with van der Waals surface area (Å²) in [6.45, 7) is 0. The number of rotatable bonds is 2. The van der Waals surface area contributed by atoms with Crippen LogP contribution < -0.4 is 10.1 Å². The second kappa shape index (κ2) is 5.80. The predicted molar refractivity (Wildman–Crippen MR) is 89.3 cm³/mol. The van der Waals surface area contributed by atoms with Crippen molar-refractivity contribution in [1.82, 2.24) is 0 Å². The molecule has 0 saturated carbocycles. The van der Waals surface area contributed by atoms with E-state index in [-0.39, 0.29) is 11.6 Å². The average molecular weight is 356 g/mol. The number of methoxy groups -OCH3 is 1. The van der Waals surface area contributed by atoms with E-state index in [1.165, 1.54) is 7.11 Å². The Morgan fingerprint density at radius 1 is 1.09 bits per heavy atom. The molecule has 1 aliphatic rings. The quantitative estimate of drug-likeness (QED) is 0.847. The lowest BCUT2D eigenvalue weighted by Crippen LogP contribution is -2.13. The molecule has 0 aliphatic carbocycles. The predicted octanol–water partition coefficient (Wildman–Crippen LogP) is 4.73. The monoisotopic (exact) mass is 354 g/mol. The van der Waals surface area contributed by atoms with Crippen LogP contribution in [0.15, 0.2) is 35.3 Å². The van der Waals surface area contributed by atoms with E-state index in [2.05, 4.69) is 10.3 Å². The Bertz CT molecular complexity index is 819. The molecule has 3 rings (SSSR count). The largest absolute Gasteiger partial charge is 0.495 e. The van der Waals surface area contributed by atoms with Gasteiger partial charge in [-0.3, -0.25) is 4.79 Å². The third kappa shape index (κ3) is 2.65. The molecule has 0 saturated heterocycles. The van der Waals surface area contributed by atoms with Crippen LogP contribution in [0.2, 0.25) is 15.1 Å². The fourth-order valence-corrected chi connectivity index (χ4v) is 2.94. The van der Waals surface area contributed by atoms with Crippen molar-refractivity contribution in [3.63, 3.8) is 0 Å². The van der Waals surface area contributed by atoms with Gasteiger partial charge in [0.2, 0.25) is 0 Å². The number of anilines is 1. The fraction of sp³-hybridized carbons (Fsp3) is 0.0667. The Balaban J connectivity index is 2.10. The number of nitrogens with one attached hydrogen (secondary N) is 1. The van der Waals surface area contributed by atoms with Gasteiger partial charge in [-0.25, -0.2) is 4.99 Å². The molecule has 4 nitrogen and oxygen atoms in total. The first-order valence-electron chi connectivity index (χ1n) is 6.22. The van der Waals surface area contributed by atoms with Crippen LogP contribution in [0.3, 0.4) is 0 Å². The number of hydrogen-bond donors (Lipinski definition) is 1. The van der Waals surface area contributed by atoms with Gasteiger partial charge in [-0.2, -0.15) is 0 Å². The number of halogens is 3. The van der Waals surface area contributed by atoms with Crippen molar-refractivity contribution in [2.24, 2.45) is 4.99 Å². The van der Waals surface area contributed by atoms with Crippen LogP contribution in [0.4, 0.5) is 11.4 Å². The fourth-order valence-electron chi connectivity index (χ4n) is 2.15. The Labute approximate surface area is 141 Å². The SMILES string of the molecule is COc1ccc(N=C2C(=O)Nc3c(Cl)cc(Cl)cc32)cc1Cl. The van der Waals surface area contributed by atoms with Crippen LogP contribution in [-0.2, 0) is 4.79 Å². The molecule has 0 fully saturated rings. The Hall–Kier alpha value is -1.75. The van der Waals surface area contributed by atoms with Gasteiger partial charge in [0.1, 0.15) is 11.5 Å². The molecule has 0 unspecified atom stereocenters. The number of hydrogen-bond acceptors (Lipinski definition) is 3. The summed E-state index contributed by atoms with van der Waals surface area (Å²) in [5.74, 6) is 0.194. The molecular weight excluding hydrogens is 347 g/mol. The van der Waals surface area contributed by atoms with E-state index in [9.17, 15) is 4.79 Å². The summed E-state index contributed by atoms with van der Waals surface area (Å²) in [4.78, 5) is 16.5. The third-order valence-electron chi connectivity index (χ3n) is 3.14. The van der Waals surface area contributed by atoms with E-state index in [1.807, 2.05) is 0 Å². The smallest absolute Gasteiger partial charge is 0.275 e. The molecule has 0 spiro atoms. The molecule has 0 aromatic heterocycles. The van der Waals surface area contributed by atoms with Crippen molar-refractivity contribution < 1.29 is 9.53 Å². The number of benzene rings is 2. The standard InChI is InChI=1S/C15H9Cl3N2O2/c1-22-12-3-2-8(6-10(12)17)19-14-9-4-7(16)5-11(18)13(9)20-15(14)21/h2-6H,1H3,(H,19,20,21). The molecule has 112 valence electrons. The van der Waals surface area contributed by atoms with Gasteiger partial charge in [0.25, 0.3) is 5.91 Å². The number of carbonyl (C=O) groups excluding carboxylic acids is 1. The van der Waals surface area contributed by atoms with Gasteiger partial charge >= 0.3 is 0 Å². The van der Waals surface area contributed by atoms with E-state index in [0.717, 1.165) is 0 Å². The number of fused-ring (bicyclic) bond motifs is 1. The molecule has 0 radical (unpaired) electrons. The minimum Gasteiger partial charge on any atom is -0.495 e. The molecule has 0 atom stereocenters. The van der Waals surface area contributed by atoms with Crippen molar-refractivity contribution >= 4 is 57.8 Å². The first kappa shape index (κ1) is 15.2. The van der Waals surface area contributed by atoms with Crippen LogP contribution in [0.1, 0.15) is 5.56 Å². The zero-order valence-electron chi connectivity index (χ0n) is 11.3. The molecule has 2 aromatic carbocycles. The van der Waals surface area contributed by atoms with Gasteiger partial charge < -0.3 is 10.1 Å². The molecule has 0 bridgehead atoms. The van der Waals surface area contributed by atoms with Crippen molar-refractivity contribution in [3.05, 3.63) is 51.0 Å². The first-order chi connectivity index (χ1) is 10.5. The number of aliphatic imine (C=N–C) groups is 1. The molecule has 22 heavy (non-hydrogen) atoms. The zero-order chi connectivity index (χ0) is 15.9.